The van der Waals surface area contributed by atoms with Crippen molar-refractivity contribution >= 4 is 24.4 Å². The van der Waals surface area contributed by atoms with Crippen LogP contribution in [0.3, 0.4) is 0 Å². The molecule has 0 spiro atoms. The molecule has 0 radical (unpaired) electrons. The number of hydrogen-bond donors (Lipinski definition) is 4. The summed E-state index contributed by atoms with van der Waals surface area (Å²) in [7, 11) is 1.66. The Morgan fingerprint density at radius 3 is 2.38 bits per heavy atom. The van der Waals surface area contributed by atoms with Gasteiger partial charge in [0.1, 0.15) is 0 Å². The van der Waals surface area contributed by atoms with Crippen LogP contribution < -0.4 is 25.8 Å². The Morgan fingerprint density at radius 1 is 1.05 bits per heavy atom. The minimum Gasteiger partial charge on any atom is -0.488 e. The molecule has 11 heteroatoms. The number of aromatic nitrogens is 1. The molecule has 1 aromatic rings. The summed E-state index contributed by atoms with van der Waals surface area (Å²) >= 11 is 0. The number of hydrogen-bond acceptors (Lipinski definition) is 8. The van der Waals surface area contributed by atoms with Crippen molar-refractivity contribution in [1.82, 2.24) is 15.6 Å². The molecule has 0 aliphatic rings. The van der Waals surface area contributed by atoms with E-state index in [0.717, 1.165) is 25.7 Å². The van der Waals surface area contributed by atoms with Crippen molar-refractivity contribution in [3.8, 4) is 11.6 Å². The third-order valence-electron chi connectivity index (χ3n) is 6.91. The summed E-state index contributed by atoms with van der Waals surface area (Å²) in [5.41, 5.74) is 6.39. The third-order valence-corrected chi connectivity index (χ3v) is 6.91. The molecular formula is C29H53ClN4O6. The molecule has 232 valence electrons. The molecule has 0 aromatic carbocycles. The molecule has 1 heterocycles. The largest absolute Gasteiger partial charge is 0.488 e. The minimum absolute atomic E-state index is 0. The van der Waals surface area contributed by atoms with Gasteiger partial charge in [0.15, 0.2) is 5.75 Å². The molecule has 1 aromatic heterocycles. The molecule has 0 unspecified atom stereocenters. The summed E-state index contributed by atoms with van der Waals surface area (Å²) in [6.07, 6.45) is 4.44. The zero-order valence-corrected chi connectivity index (χ0v) is 26.0. The quantitative estimate of drug-likeness (QED) is 0.165. The average molecular weight is 589 g/mol. The first kappa shape index (κ1) is 37.9. The van der Waals surface area contributed by atoms with Gasteiger partial charge < -0.3 is 35.7 Å². The van der Waals surface area contributed by atoms with E-state index in [9.17, 15) is 14.7 Å². The summed E-state index contributed by atoms with van der Waals surface area (Å²) in [5, 5.41) is 16.6. The molecule has 10 nitrogen and oxygen atoms in total. The maximum absolute atomic E-state index is 12.7. The number of halogens is 1. The lowest BCUT2D eigenvalue weighted by Gasteiger charge is -2.30. The van der Waals surface area contributed by atoms with Crippen LogP contribution in [0.4, 0.5) is 4.79 Å². The van der Waals surface area contributed by atoms with Gasteiger partial charge in [0.2, 0.25) is 5.91 Å². The van der Waals surface area contributed by atoms with Crippen LogP contribution in [0.15, 0.2) is 18.3 Å². The van der Waals surface area contributed by atoms with Gasteiger partial charge in [0, 0.05) is 45.0 Å². The van der Waals surface area contributed by atoms with E-state index in [2.05, 4.69) is 22.5 Å². The number of aliphatic hydroxyl groups is 1. The number of nitrogens with two attached hydrogens (primary N) is 1. The molecule has 1 rings (SSSR count). The van der Waals surface area contributed by atoms with Gasteiger partial charge in [0.25, 0.3) is 5.88 Å². The number of aliphatic hydroxyl groups excluding tert-OH is 1. The van der Waals surface area contributed by atoms with Crippen molar-refractivity contribution in [2.45, 2.75) is 85.3 Å². The van der Waals surface area contributed by atoms with Gasteiger partial charge >= 0.3 is 6.09 Å². The summed E-state index contributed by atoms with van der Waals surface area (Å²) in [6, 6.07) is 2.89. The number of rotatable bonds is 20. The van der Waals surface area contributed by atoms with Gasteiger partial charge in [-0.2, -0.15) is 0 Å². The van der Waals surface area contributed by atoms with Crippen LogP contribution in [0, 0.1) is 23.7 Å². The molecule has 5 N–H and O–H groups in total. The maximum Gasteiger partial charge on any atom is 0.414 e. The first-order valence-corrected chi connectivity index (χ1v) is 14.3. The second-order valence-electron chi connectivity index (χ2n) is 10.8. The molecule has 0 aliphatic carbocycles. The van der Waals surface area contributed by atoms with Crippen molar-refractivity contribution in [3.63, 3.8) is 0 Å². The molecular weight excluding hydrogens is 536 g/mol. The Bertz CT molecular complexity index is 829. The Morgan fingerprint density at radius 2 is 1.75 bits per heavy atom. The molecule has 40 heavy (non-hydrogen) atoms. The molecule has 0 bridgehead atoms. The number of carbonyl (C=O) groups excluding carboxylic acids is 2. The first-order valence-electron chi connectivity index (χ1n) is 14.3. The van der Waals surface area contributed by atoms with E-state index >= 15 is 0 Å². The predicted molar refractivity (Wildman–Crippen MR) is 160 cm³/mol. The Balaban J connectivity index is 0.0000152. The van der Waals surface area contributed by atoms with E-state index in [1.807, 2.05) is 27.7 Å². The van der Waals surface area contributed by atoms with E-state index in [0.29, 0.717) is 44.9 Å². The Hall–Kier alpha value is -2.14. The average Bonchev–Trinajstić information content (AvgIpc) is 2.89. The number of amides is 2. The van der Waals surface area contributed by atoms with E-state index in [4.69, 9.17) is 19.9 Å². The highest BCUT2D eigenvalue weighted by Crippen LogP contribution is 2.25. The number of methoxy groups -OCH3 is 1. The molecule has 0 fully saturated rings. The van der Waals surface area contributed by atoms with Gasteiger partial charge in [-0.25, -0.2) is 9.78 Å². The third kappa shape index (κ3) is 15.0. The lowest BCUT2D eigenvalue weighted by molar-refractivity contribution is -0.127. The number of nitrogens with zero attached hydrogens (tertiary/aromatic N) is 1. The molecule has 0 saturated heterocycles. The van der Waals surface area contributed by atoms with E-state index in [1.54, 1.807) is 19.2 Å². The zero-order chi connectivity index (χ0) is 29.2. The predicted octanol–water partition coefficient (Wildman–Crippen LogP) is 4.33. The highest BCUT2D eigenvalue weighted by atomic mass is 35.5. The van der Waals surface area contributed by atoms with Gasteiger partial charge in [-0.3, -0.25) is 4.79 Å². The Labute approximate surface area is 246 Å². The molecule has 4 atom stereocenters. The van der Waals surface area contributed by atoms with Gasteiger partial charge in [-0.05, 0) is 62.0 Å². The van der Waals surface area contributed by atoms with Gasteiger partial charge in [-0.15, -0.1) is 12.4 Å². The van der Waals surface area contributed by atoms with Crippen LogP contribution in [0.25, 0.3) is 0 Å². The van der Waals surface area contributed by atoms with Crippen molar-refractivity contribution in [2.24, 2.45) is 29.4 Å². The molecule has 2 amide bonds. The number of nitrogens with one attached hydrogen (secondary N) is 2. The van der Waals surface area contributed by atoms with Crippen LogP contribution in [0.2, 0.25) is 0 Å². The van der Waals surface area contributed by atoms with E-state index < -0.39 is 18.2 Å². The van der Waals surface area contributed by atoms with Crippen molar-refractivity contribution in [1.29, 1.82) is 0 Å². The lowest BCUT2D eigenvalue weighted by Crippen LogP contribution is -2.44. The lowest BCUT2D eigenvalue weighted by atomic mass is 9.83. The fourth-order valence-corrected chi connectivity index (χ4v) is 4.17. The standard InChI is InChI=1S/C29H52N4O6.ClH/c1-7-8-13-31-27(35)23(21(4)5)18-25(34)24(30)17-22(20(2)3)19-33-29(36)39-28-26(12-11-14-32-28)38-16-10-9-15-37-6;/h11-12,14,20-25,34H,7-10,13,15-19,30H2,1-6H3,(H,31,35)(H,33,36);1H/t22-,23+,24+,25+;/m1./s1. The minimum atomic E-state index is -0.834. The second-order valence-corrected chi connectivity index (χ2v) is 10.8. The molecule has 0 aliphatic heterocycles. The number of carbonyl (C=O) groups is 2. The van der Waals surface area contributed by atoms with Crippen LogP contribution in [-0.2, 0) is 9.53 Å². The number of unbranched alkanes of at least 4 members (excludes halogenated alkanes) is 2. The number of ether oxygens (including phenoxy) is 3. The van der Waals surface area contributed by atoms with Gasteiger partial charge in [0.05, 0.1) is 12.7 Å². The second kappa shape index (κ2) is 21.6. The summed E-state index contributed by atoms with van der Waals surface area (Å²) in [5.74, 6) is 0.421. The summed E-state index contributed by atoms with van der Waals surface area (Å²) in [6.45, 7) is 12.2. The summed E-state index contributed by atoms with van der Waals surface area (Å²) in [4.78, 5) is 29.3. The molecule has 0 saturated carbocycles. The fraction of sp³-hybridized carbons (Fsp3) is 0.759. The van der Waals surface area contributed by atoms with Crippen LogP contribution in [0.1, 0.15) is 73.1 Å². The Kier molecular flexibility index (Phi) is 20.4. The fourth-order valence-electron chi connectivity index (χ4n) is 4.17. The SMILES string of the molecule is CCCCNC(=O)[C@@H](C[C@H](O)[C@@H](N)C[C@H](CNC(=O)Oc1ncccc1OCCCCOC)C(C)C)C(C)C.Cl. The first-order chi connectivity index (χ1) is 18.6. The van der Waals surface area contributed by atoms with Crippen LogP contribution >= 0.6 is 12.4 Å². The maximum atomic E-state index is 12.7. The topological polar surface area (TPSA) is 145 Å². The van der Waals surface area contributed by atoms with E-state index in [-0.39, 0.29) is 47.9 Å². The smallest absolute Gasteiger partial charge is 0.414 e. The zero-order valence-electron chi connectivity index (χ0n) is 25.2. The highest BCUT2D eigenvalue weighted by molar-refractivity contribution is 5.85. The summed E-state index contributed by atoms with van der Waals surface area (Å²) < 4.78 is 16.2. The van der Waals surface area contributed by atoms with Crippen LogP contribution in [0.5, 0.6) is 11.6 Å². The van der Waals surface area contributed by atoms with Crippen molar-refractivity contribution < 1.29 is 28.9 Å². The van der Waals surface area contributed by atoms with Gasteiger partial charge in [-0.1, -0.05) is 41.0 Å². The van der Waals surface area contributed by atoms with Crippen LogP contribution in [-0.4, -0.2) is 67.6 Å². The van der Waals surface area contributed by atoms with E-state index in [1.165, 1.54) is 6.20 Å². The van der Waals surface area contributed by atoms with Crippen molar-refractivity contribution in [2.75, 3.05) is 33.4 Å². The highest BCUT2D eigenvalue weighted by Gasteiger charge is 2.29. The monoisotopic (exact) mass is 588 g/mol. The number of pyridine rings is 1. The normalized spacial score (nSPS) is 14.2. The van der Waals surface area contributed by atoms with Crippen molar-refractivity contribution in [3.05, 3.63) is 18.3 Å².